The van der Waals surface area contributed by atoms with Gasteiger partial charge in [0.15, 0.2) is 0 Å². The third-order valence-corrected chi connectivity index (χ3v) is 2.96. The van der Waals surface area contributed by atoms with Crippen LogP contribution in [-0.4, -0.2) is 19.1 Å². The van der Waals surface area contributed by atoms with Gasteiger partial charge in [-0.1, -0.05) is 25.1 Å². The van der Waals surface area contributed by atoms with Gasteiger partial charge in [-0.05, 0) is 30.2 Å². The molecule has 1 rings (SSSR count). The molecule has 126 valence electrons. The van der Waals surface area contributed by atoms with Crippen molar-refractivity contribution in [1.82, 2.24) is 5.32 Å². The van der Waals surface area contributed by atoms with Gasteiger partial charge in [0.2, 0.25) is 0 Å². The monoisotopic (exact) mass is 327 g/mol. The highest BCUT2D eigenvalue weighted by Crippen LogP contribution is 2.28. The first-order chi connectivity index (χ1) is 10.8. The predicted octanol–water partition coefficient (Wildman–Crippen LogP) is 3.09. The molecule has 0 aromatic heterocycles. The molecule has 0 radical (unpaired) electrons. The van der Waals surface area contributed by atoms with Gasteiger partial charge in [-0.15, -0.1) is 0 Å². The molecule has 0 aliphatic heterocycles. The van der Waals surface area contributed by atoms with Crippen molar-refractivity contribution in [2.24, 2.45) is 5.73 Å². The fraction of sp³-hybridized carbons (Fsp3) is 0.312. The van der Waals surface area contributed by atoms with Crippen molar-refractivity contribution >= 4 is 11.6 Å². The third-order valence-electron chi connectivity index (χ3n) is 2.96. The number of hydrogen-bond donors (Lipinski definition) is 3. The van der Waals surface area contributed by atoms with Gasteiger partial charge >= 0.3 is 6.18 Å². The minimum Gasteiger partial charge on any atom is -0.354 e. The molecule has 0 spiro atoms. The first-order valence-electron chi connectivity index (χ1n) is 7.09. The standard InChI is InChI=1S/C16H20F3N3O/c1-3-5-12(16(17,18)19)9-14(15(23)21-2)22-13-7-4-6-11(8-13)10-20/h4-9,22H,3,10,20H2,1-2H3,(H,21,23)/b12-5-,14-9-. The predicted molar refractivity (Wildman–Crippen MR) is 84.5 cm³/mol. The summed E-state index contributed by atoms with van der Waals surface area (Å²) in [6, 6.07) is 6.81. The molecule has 0 unspecified atom stereocenters. The second-order valence-electron chi connectivity index (χ2n) is 4.73. The van der Waals surface area contributed by atoms with Crippen LogP contribution in [-0.2, 0) is 11.3 Å². The molecule has 0 fully saturated rings. The molecule has 0 saturated carbocycles. The molecule has 23 heavy (non-hydrogen) atoms. The van der Waals surface area contributed by atoms with Gasteiger partial charge in [-0.2, -0.15) is 13.2 Å². The summed E-state index contributed by atoms with van der Waals surface area (Å²) in [7, 11) is 1.35. The largest absolute Gasteiger partial charge is 0.416 e. The zero-order valence-corrected chi connectivity index (χ0v) is 13.0. The number of halogens is 3. The Balaban J connectivity index is 3.20. The summed E-state index contributed by atoms with van der Waals surface area (Å²) in [6.45, 7) is 1.88. The van der Waals surface area contributed by atoms with E-state index in [-0.39, 0.29) is 18.7 Å². The number of alkyl halides is 3. The van der Waals surface area contributed by atoms with E-state index in [9.17, 15) is 18.0 Å². The minimum absolute atomic E-state index is 0.196. The Labute approximate surface area is 133 Å². The van der Waals surface area contributed by atoms with Crippen LogP contribution < -0.4 is 16.4 Å². The summed E-state index contributed by atoms with van der Waals surface area (Å²) in [5.74, 6) is -0.644. The van der Waals surface area contributed by atoms with Crippen molar-refractivity contribution in [2.75, 3.05) is 12.4 Å². The maximum absolute atomic E-state index is 13.0. The van der Waals surface area contributed by atoms with Crippen LogP contribution in [0.3, 0.4) is 0 Å². The first-order valence-corrected chi connectivity index (χ1v) is 7.09. The lowest BCUT2D eigenvalue weighted by atomic mass is 10.1. The lowest BCUT2D eigenvalue weighted by molar-refractivity contribution is -0.116. The lowest BCUT2D eigenvalue weighted by Crippen LogP contribution is -2.25. The molecule has 0 saturated heterocycles. The van der Waals surface area contributed by atoms with Crippen molar-refractivity contribution in [3.63, 3.8) is 0 Å². The first kappa shape index (κ1) is 18.8. The molecule has 4 nitrogen and oxygen atoms in total. The van der Waals surface area contributed by atoms with Crippen molar-refractivity contribution in [3.8, 4) is 0 Å². The van der Waals surface area contributed by atoms with E-state index in [0.29, 0.717) is 5.69 Å². The molecule has 0 aliphatic carbocycles. The Kier molecular flexibility index (Phi) is 6.84. The van der Waals surface area contributed by atoms with Crippen LogP contribution in [0, 0.1) is 0 Å². The zero-order valence-electron chi connectivity index (χ0n) is 13.0. The third kappa shape index (κ3) is 5.78. The van der Waals surface area contributed by atoms with Crippen LogP contribution in [0.25, 0.3) is 0 Å². The molecule has 1 aromatic rings. The Morgan fingerprint density at radius 1 is 1.35 bits per heavy atom. The van der Waals surface area contributed by atoms with E-state index in [1.54, 1.807) is 31.2 Å². The quantitative estimate of drug-likeness (QED) is 0.556. The topological polar surface area (TPSA) is 67.1 Å². The SMILES string of the molecule is CC/C=C(/C=C(\Nc1cccc(CN)c1)C(=O)NC)C(F)(F)F. The molecule has 4 N–H and O–H groups in total. The van der Waals surface area contributed by atoms with E-state index >= 15 is 0 Å². The number of amides is 1. The van der Waals surface area contributed by atoms with Crippen LogP contribution in [0.4, 0.5) is 18.9 Å². The smallest absolute Gasteiger partial charge is 0.354 e. The van der Waals surface area contributed by atoms with E-state index in [1.165, 1.54) is 7.05 Å². The van der Waals surface area contributed by atoms with Crippen LogP contribution >= 0.6 is 0 Å². The number of nitrogens with two attached hydrogens (primary N) is 1. The molecule has 1 amide bonds. The fourth-order valence-corrected chi connectivity index (χ4v) is 1.86. The van der Waals surface area contributed by atoms with Gasteiger partial charge in [-0.25, -0.2) is 0 Å². The van der Waals surface area contributed by atoms with Gasteiger partial charge in [0.1, 0.15) is 5.70 Å². The van der Waals surface area contributed by atoms with E-state index in [1.807, 2.05) is 0 Å². The maximum atomic E-state index is 13.0. The van der Waals surface area contributed by atoms with E-state index in [2.05, 4.69) is 10.6 Å². The molecular weight excluding hydrogens is 307 g/mol. The van der Waals surface area contributed by atoms with Crippen molar-refractivity contribution in [3.05, 3.63) is 53.3 Å². The number of carbonyl (C=O) groups is 1. The number of likely N-dealkylation sites (N-methyl/N-ethyl adjacent to an activating group) is 1. The highest BCUT2D eigenvalue weighted by molar-refractivity contribution is 5.96. The van der Waals surface area contributed by atoms with Gasteiger partial charge in [0.25, 0.3) is 5.91 Å². The summed E-state index contributed by atoms with van der Waals surface area (Å²) >= 11 is 0. The Hall–Kier alpha value is -2.28. The maximum Gasteiger partial charge on any atom is 0.416 e. The van der Waals surface area contributed by atoms with Gasteiger partial charge < -0.3 is 16.4 Å². The normalized spacial score (nSPS) is 13.0. The van der Waals surface area contributed by atoms with Gasteiger partial charge in [-0.3, -0.25) is 4.79 Å². The Morgan fingerprint density at radius 3 is 2.57 bits per heavy atom. The fourth-order valence-electron chi connectivity index (χ4n) is 1.86. The van der Waals surface area contributed by atoms with Crippen molar-refractivity contribution in [1.29, 1.82) is 0 Å². The van der Waals surface area contributed by atoms with Gasteiger partial charge in [0.05, 0.1) is 5.57 Å². The number of allylic oxidation sites excluding steroid dienone is 3. The van der Waals surface area contributed by atoms with Gasteiger partial charge in [0, 0.05) is 19.3 Å². The summed E-state index contributed by atoms with van der Waals surface area (Å²) in [6.07, 6.45) is -2.50. The number of benzene rings is 1. The molecule has 0 aliphatic rings. The zero-order chi connectivity index (χ0) is 17.5. The van der Waals surface area contributed by atoms with E-state index in [4.69, 9.17) is 5.73 Å². The molecule has 0 bridgehead atoms. The molecule has 7 heteroatoms. The van der Waals surface area contributed by atoms with Crippen molar-refractivity contribution < 1.29 is 18.0 Å². The minimum atomic E-state index is -4.53. The summed E-state index contributed by atoms with van der Waals surface area (Å²) in [5, 5.41) is 5.04. The Bertz CT molecular complexity index is 607. The number of carbonyl (C=O) groups excluding carboxylic acids is 1. The highest BCUT2D eigenvalue weighted by Gasteiger charge is 2.32. The molecule has 1 aromatic carbocycles. The summed E-state index contributed by atoms with van der Waals surface area (Å²) in [5.41, 5.74) is 5.75. The van der Waals surface area contributed by atoms with Crippen molar-refractivity contribution in [2.45, 2.75) is 26.1 Å². The number of hydrogen-bond acceptors (Lipinski definition) is 3. The summed E-state index contributed by atoms with van der Waals surface area (Å²) < 4.78 is 39.0. The Morgan fingerprint density at radius 2 is 2.04 bits per heavy atom. The number of anilines is 1. The van der Waals surface area contributed by atoms with Crippen LogP contribution in [0.2, 0.25) is 0 Å². The number of nitrogens with one attached hydrogen (secondary N) is 2. The average Bonchev–Trinajstić information content (AvgIpc) is 2.52. The molecule has 0 atom stereocenters. The van der Waals surface area contributed by atoms with E-state index in [0.717, 1.165) is 17.7 Å². The second kappa shape index (κ2) is 8.38. The average molecular weight is 327 g/mol. The molecular formula is C16H20F3N3O. The second-order valence-corrected chi connectivity index (χ2v) is 4.73. The van der Waals surface area contributed by atoms with Crippen LogP contribution in [0.5, 0.6) is 0 Å². The number of rotatable bonds is 6. The highest BCUT2D eigenvalue weighted by atomic mass is 19.4. The van der Waals surface area contributed by atoms with E-state index < -0.39 is 17.7 Å². The summed E-state index contributed by atoms with van der Waals surface area (Å²) in [4.78, 5) is 11.9. The van der Waals surface area contributed by atoms with Crippen LogP contribution in [0.15, 0.2) is 47.7 Å². The molecule has 0 heterocycles. The lowest BCUT2D eigenvalue weighted by Gasteiger charge is -2.14. The van der Waals surface area contributed by atoms with Crippen LogP contribution in [0.1, 0.15) is 18.9 Å².